The molecule has 2 saturated carbocycles. The Labute approximate surface area is 237 Å². The topological polar surface area (TPSA) is 315 Å². The molecule has 0 radical (unpaired) electrons. The Balaban J connectivity index is 1.58. The molecular weight excluding hydrogens is 548 g/mol. The lowest BCUT2D eigenvalue weighted by molar-refractivity contribution is -0.306. The van der Waals surface area contributed by atoms with Gasteiger partial charge in [0.15, 0.2) is 11.9 Å². The molecule has 4 unspecified atom stereocenters. The van der Waals surface area contributed by atoms with E-state index in [4.69, 9.17) is 42.3 Å². The molecule has 0 spiro atoms. The number of nitrogens with one attached hydrogen (secondary N) is 2. The first-order valence-electron chi connectivity index (χ1n) is 14.0. The molecule has 2 heterocycles. The van der Waals surface area contributed by atoms with Crippen LogP contribution in [-0.4, -0.2) is 159 Å². The zero-order valence-corrected chi connectivity index (χ0v) is 22.7. The van der Waals surface area contributed by atoms with Crippen molar-refractivity contribution >= 4 is 5.91 Å². The van der Waals surface area contributed by atoms with Crippen molar-refractivity contribution in [2.24, 2.45) is 28.9 Å². The number of amides is 1. The van der Waals surface area contributed by atoms with Crippen molar-refractivity contribution in [2.45, 2.75) is 110 Å². The molecular formula is C24H46N6O11. The third-order valence-electron chi connectivity index (χ3n) is 8.78. The van der Waals surface area contributed by atoms with E-state index in [1.54, 1.807) is 0 Å². The Morgan fingerprint density at radius 3 is 2.24 bits per heavy atom. The number of ether oxygens (including phenoxy) is 3. The molecule has 4 rings (SSSR count). The van der Waals surface area contributed by atoms with Crippen LogP contribution in [0, 0.1) is 5.92 Å². The standard InChI is InChI=1S/C24H46N6O11/c25-8-3-10(30-23(37)24(38)5-14(24)27)21(41-22-19(36)16(28)17(34)13(7-32)40-22)18(35)15(8)20-9(26)4-11(33)12(39-20)6-29-1-2-31/h8-22,29,31-36,38H,1-7,25-28H2,(H,30,37)/t8-,9+,10+,11-,12+,13+,14?,15?,16-,17?,18-,19+,20-,21-,22+,24?/m0/s1. The minimum Gasteiger partial charge on any atom is -0.395 e. The number of rotatable bonds is 10. The van der Waals surface area contributed by atoms with Crippen LogP contribution in [0.4, 0.5) is 0 Å². The summed E-state index contributed by atoms with van der Waals surface area (Å²) in [6, 6.07) is -4.56. The lowest BCUT2D eigenvalue weighted by atomic mass is 9.72. The molecule has 238 valence electrons. The summed E-state index contributed by atoms with van der Waals surface area (Å²) < 4.78 is 17.7. The van der Waals surface area contributed by atoms with Gasteiger partial charge in [-0.25, -0.2) is 0 Å². The van der Waals surface area contributed by atoms with E-state index in [0.717, 1.165) is 0 Å². The predicted molar refractivity (Wildman–Crippen MR) is 139 cm³/mol. The predicted octanol–water partition coefficient (Wildman–Crippen LogP) is -7.78. The fourth-order valence-electron chi connectivity index (χ4n) is 6.10. The lowest BCUT2D eigenvalue weighted by Gasteiger charge is -2.51. The Morgan fingerprint density at radius 1 is 0.951 bits per heavy atom. The fourth-order valence-corrected chi connectivity index (χ4v) is 6.10. The van der Waals surface area contributed by atoms with E-state index in [1.165, 1.54) is 0 Å². The van der Waals surface area contributed by atoms with Crippen LogP contribution in [0.2, 0.25) is 0 Å². The highest BCUT2D eigenvalue weighted by atomic mass is 16.7. The zero-order valence-electron chi connectivity index (χ0n) is 22.7. The molecule has 17 N–H and O–H groups in total. The molecule has 0 bridgehead atoms. The highest BCUT2D eigenvalue weighted by molar-refractivity contribution is 5.89. The molecule has 16 atom stereocenters. The van der Waals surface area contributed by atoms with Gasteiger partial charge in [-0.3, -0.25) is 4.79 Å². The largest absolute Gasteiger partial charge is 0.395 e. The monoisotopic (exact) mass is 594 g/mol. The number of carbonyl (C=O) groups is 1. The molecule has 17 heteroatoms. The van der Waals surface area contributed by atoms with Crippen LogP contribution in [0.5, 0.6) is 0 Å². The van der Waals surface area contributed by atoms with E-state index in [9.17, 15) is 35.4 Å². The van der Waals surface area contributed by atoms with Gasteiger partial charge in [-0.1, -0.05) is 0 Å². The van der Waals surface area contributed by atoms with E-state index in [-0.39, 0.29) is 39.0 Å². The summed E-state index contributed by atoms with van der Waals surface area (Å²) in [6.45, 7) is -0.272. The van der Waals surface area contributed by atoms with Crippen molar-refractivity contribution in [1.29, 1.82) is 0 Å². The van der Waals surface area contributed by atoms with Crippen molar-refractivity contribution in [3.63, 3.8) is 0 Å². The van der Waals surface area contributed by atoms with Crippen LogP contribution in [0.25, 0.3) is 0 Å². The van der Waals surface area contributed by atoms with Gasteiger partial charge in [0.05, 0.1) is 49.7 Å². The second-order valence-electron chi connectivity index (χ2n) is 11.7. The second kappa shape index (κ2) is 13.2. The Bertz CT molecular complexity index is 893. The van der Waals surface area contributed by atoms with Crippen molar-refractivity contribution in [1.82, 2.24) is 10.6 Å². The zero-order chi connectivity index (χ0) is 30.2. The number of carbonyl (C=O) groups excluding carboxylic acids is 1. The van der Waals surface area contributed by atoms with Gasteiger partial charge in [0.1, 0.15) is 24.4 Å². The van der Waals surface area contributed by atoms with Gasteiger partial charge in [0.25, 0.3) is 5.91 Å². The molecule has 1 amide bonds. The Kier molecular flexibility index (Phi) is 10.6. The Morgan fingerprint density at radius 2 is 1.63 bits per heavy atom. The van der Waals surface area contributed by atoms with E-state index in [0.29, 0.717) is 0 Å². The van der Waals surface area contributed by atoms with Gasteiger partial charge >= 0.3 is 0 Å². The van der Waals surface area contributed by atoms with Crippen molar-refractivity contribution in [3.8, 4) is 0 Å². The van der Waals surface area contributed by atoms with E-state index in [2.05, 4.69) is 10.6 Å². The van der Waals surface area contributed by atoms with Crippen LogP contribution >= 0.6 is 0 Å². The summed E-state index contributed by atoms with van der Waals surface area (Å²) in [5.41, 5.74) is 22.7. The summed E-state index contributed by atoms with van der Waals surface area (Å²) in [7, 11) is 0. The van der Waals surface area contributed by atoms with Crippen molar-refractivity contribution in [2.75, 3.05) is 26.3 Å². The summed E-state index contributed by atoms with van der Waals surface area (Å²) in [6.07, 6.45) is -10.8. The smallest absolute Gasteiger partial charge is 0.253 e. The van der Waals surface area contributed by atoms with Crippen LogP contribution in [-0.2, 0) is 19.0 Å². The minimum atomic E-state index is -1.79. The first-order valence-corrected chi connectivity index (χ1v) is 14.0. The highest BCUT2D eigenvalue weighted by Crippen LogP contribution is 2.38. The summed E-state index contributed by atoms with van der Waals surface area (Å²) in [5, 5.41) is 77.9. The number of nitrogens with two attached hydrogens (primary N) is 4. The van der Waals surface area contributed by atoms with Crippen molar-refractivity contribution in [3.05, 3.63) is 0 Å². The molecule has 4 aliphatic rings. The molecule has 2 saturated heterocycles. The Hall–Kier alpha value is -1.13. The van der Waals surface area contributed by atoms with Crippen molar-refractivity contribution < 1.29 is 54.8 Å². The van der Waals surface area contributed by atoms with E-state index < -0.39 is 109 Å². The normalized spacial score (nSPS) is 50.4. The summed E-state index contributed by atoms with van der Waals surface area (Å²) >= 11 is 0. The molecule has 2 aliphatic heterocycles. The molecule has 4 fully saturated rings. The molecule has 0 aromatic carbocycles. The molecule has 0 aromatic rings. The first kappa shape index (κ1) is 32.8. The first-order chi connectivity index (χ1) is 19.3. The maximum Gasteiger partial charge on any atom is 0.253 e. The molecule has 41 heavy (non-hydrogen) atoms. The quantitative estimate of drug-likeness (QED) is 0.104. The van der Waals surface area contributed by atoms with E-state index in [1.807, 2.05) is 0 Å². The minimum absolute atomic E-state index is 0.0208. The van der Waals surface area contributed by atoms with Crippen LogP contribution in [0.15, 0.2) is 0 Å². The number of aliphatic hydroxyl groups is 7. The van der Waals surface area contributed by atoms with Gasteiger partial charge in [-0.2, -0.15) is 0 Å². The van der Waals surface area contributed by atoms with Crippen LogP contribution < -0.4 is 33.6 Å². The van der Waals surface area contributed by atoms with Gasteiger partial charge in [-0.05, 0) is 12.8 Å². The highest BCUT2D eigenvalue weighted by Gasteiger charge is 2.59. The molecule has 17 nitrogen and oxygen atoms in total. The molecule has 0 aromatic heterocycles. The third-order valence-corrected chi connectivity index (χ3v) is 8.78. The summed E-state index contributed by atoms with van der Waals surface area (Å²) in [5.74, 6) is -1.66. The van der Waals surface area contributed by atoms with Gasteiger partial charge in [-0.15, -0.1) is 0 Å². The van der Waals surface area contributed by atoms with Gasteiger partial charge < -0.3 is 83.5 Å². The fraction of sp³-hybridized carbons (Fsp3) is 0.958. The van der Waals surface area contributed by atoms with Crippen LogP contribution in [0.3, 0.4) is 0 Å². The van der Waals surface area contributed by atoms with Crippen LogP contribution in [0.1, 0.15) is 19.3 Å². The third kappa shape index (κ3) is 6.69. The van der Waals surface area contributed by atoms with E-state index >= 15 is 0 Å². The average Bonchev–Trinajstić information content (AvgIpc) is 3.55. The SMILES string of the molecule is NC1CC1(O)C(=O)N[C@@H]1C[C@H](N)C([C@H]2O[C@H](CNCCO)[C@@H](O)C[C@H]2N)[C@H](O)[C@H]1O[C@H]1O[C@H](CO)C(O)[C@H](N)[C@H]1O. The second-order valence-corrected chi connectivity index (χ2v) is 11.7. The number of aliphatic hydroxyl groups excluding tert-OH is 6. The number of hydrogen-bond acceptors (Lipinski definition) is 16. The molecule has 2 aliphatic carbocycles. The van der Waals surface area contributed by atoms with Gasteiger partial charge in [0, 0.05) is 43.6 Å². The lowest BCUT2D eigenvalue weighted by Crippen LogP contribution is -2.70. The number of hydrogen-bond donors (Lipinski definition) is 13. The van der Waals surface area contributed by atoms with Gasteiger partial charge in [0.2, 0.25) is 0 Å². The summed E-state index contributed by atoms with van der Waals surface area (Å²) in [4.78, 5) is 12.9. The maximum atomic E-state index is 12.9. The average molecular weight is 595 g/mol. The maximum absolute atomic E-state index is 12.9.